The van der Waals surface area contributed by atoms with E-state index in [0.29, 0.717) is 5.56 Å². The van der Waals surface area contributed by atoms with Gasteiger partial charge in [0.15, 0.2) is 0 Å². The van der Waals surface area contributed by atoms with Gasteiger partial charge in [-0.1, -0.05) is 11.8 Å². The van der Waals surface area contributed by atoms with Gasteiger partial charge in [-0.15, -0.1) is 0 Å². The Bertz CT molecular complexity index is 833. The number of aryl methyl sites for hydroxylation is 1. The van der Waals surface area contributed by atoms with Crippen LogP contribution in [0.25, 0.3) is 10.9 Å². The van der Waals surface area contributed by atoms with Gasteiger partial charge < -0.3 is 0 Å². The standard InChI is InChI=1S/C15H10FN3S/c1-19-14-4-3-13(7-11(14)9-18-19)20-15-5-2-12(16)6-10(15)8-17/h2-7,9H,1H3. The van der Waals surface area contributed by atoms with E-state index < -0.39 is 5.82 Å². The lowest BCUT2D eigenvalue weighted by Crippen LogP contribution is -1.88. The van der Waals surface area contributed by atoms with Gasteiger partial charge >= 0.3 is 0 Å². The van der Waals surface area contributed by atoms with Crippen LogP contribution in [-0.4, -0.2) is 9.78 Å². The van der Waals surface area contributed by atoms with E-state index in [-0.39, 0.29) is 0 Å². The number of nitrogens with zero attached hydrogens (tertiary/aromatic N) is 3. The number of benzene rings is 2. The van der Waals surface area contributed by atoms with Crippen molar-refractivity contribution in [1.82, 2.24) is 9.78 Å². The Morgan fingerprint density at radius 1 is 1.25 bits per heavy atom. The highest BCUT2D eigenvalue weighted by Crippen LogP contribution is 2.32. The average molecular weight is 283 g/mol. The topological polar surface area (TPSA) is 41.6 Å². The molecule has 1 aromatic heterocycles. The van der Waals surface area contributed by atoms with Crippen molar-refractivity contribution in [2.24, 2.45) is 7.05 Å². The summed E-state index contributed by atoms with van der Waals surface area (Å²) in [6.07, 6.45) is 1.80. The molecule has 0 atom stereocenters. The van der Waals surface area contributed by atoms with Crippen molar-refractivity contribution in [3.8, 4) is 6.07 Å². The molecule has 5 heteroatoms. The summed E-state index contributed by atoms with van der Waals surface area (Å²) in [6.45, 7) is 0. The van der Waals surface area contributed by atoms with E-state index in [1.165, 1.54) is 23.9 Å². The number of nitriles is 1. The van der Waals surface area contributed by atoms with Crippen molar-refractivity contribution < 1.29 is 4.39 Å². The van der Waals surface area contributed by atoms with Crippen molar-refractivity contribution in [1.29, 1.82) is 5.26 Å². The van der Waals surface area contributed by atoms with E-state index >= 15 is 0 Å². The fraction of sp³-hybridized carbons (Fsp3) is 0.0667. The van der Waals surface area contributed by atoms with Crippen LogP contribution in [-0.2, 0) is 7.05 Å². The molecule has 2 aromatic carbocycles. The molecule has 0 N–H and O–H groups in total. The van der Waals surface area contributed by atoms with E-state index in [4.69, 9.17) is 5.26 Å². The molecular weight excluding hydrogens is 273 g/mol. The third-order valence-corrected chi connectivity index (χ3v) is 4.07. The van der Waals surface area contributed by atoms with Crippen LogP contribution < -0.4 is 0 Å². The molecule has 3 aromatic rings. The Morgan fingerprint density at radius 3 is 2.90 bits per heavy atom. The van der Waals surface area contributed by atoms with E-state index in [0.717, 1.165) is 20.7 Å². The normalized spacial score (nSPS) is 10.7. The molecule has 3 rings (SSSR count). The van der Waals surface area contributed by atoms with Crippen molar-refractivity contribution in [3.05, 3.63) is 54.0 Å². The zero-order valence-corrected chi connectivity index (χ0v) is 11.5. The second kappa shape index (κ2) is 4.99. The van der Waals surface area contributed by atoms with Gasteiger partial charge in [-0.25, -0.2) is 4.39 Å². The SMILES string of the molecule is Cn1ncc2cc(Sc3ccc(F)cc3C#N)ccc21. The Morgan fingerprint density at radius 2 is 2.10 bits per heavy atom. The molecular formula is C15H10FN3S. The lowest BCUT2D eigenvalue weighted by atomic mass is 10.2. The van der Waals surface area contributed by atoms with Gasteiger partial charge in [-0.05, 0) is 36.4 Å². The maximum Gasteiger partial charge on any atom is 0.124 e. The highest BCUT2D eigenvalue weighted by atomic mass is 32.2. The number of halogens is 1. The minimum absolute atomic E-state index is 0.348. The smallest absolute Gasteiger partial charge is 0.124 e. The van der Waals surface area contributed by atoms with E-state index in [2.05, 4.69) is 5.10 Å². The molecule has 0 aliphatic heterocycles. The summed E-state index contributed by atoms with van der Waals surface area (Å²) in [5.41, 5.74) is 1.40. The van der Waals surface area contributed by atoms with Crippen LogP contribution in [0.15, 0.2) is 52.4 Å². The molecule has 3 nitrogen and oxygen atoms in total. The van der Waals surface area contributed by atoms with E-state index in [1.54, 1.807) is 12.3 Å². The predicted molar refractivity (Wildman–Crippen MR) is 76.0 cm³/mol. The maximum atomic E-state index is 13.1. The molecule has 0 radical (unpaired) electrons. The van der Waals surface area contributed by atoms with E-state index in [9.17, 15) is 4.39 Å². The lowest BCUT2D eigenvalue weighted by Gasteiger charge is -2.04. The molecule has 0 aliphatic carbocycles. The van der Waals surface area contributed by atoms with Gasteiger partial charge in [0.1, 0.15) is 11.9 Å². The highest BCUT2D eigenvalue weighted by Gasteiger charge is 2.07. The minimum atomic E-state index is -0.395. The predicted octanol–water partition coefficient (Wildman–Crippen LogP) is 3.74. The molecule has 0 saturated carbocycles. The number of fused-ring (bicyclic) bond motifs is 1. The molecule has 1 heterocycles. The number of aromatic nitrogens is 2. The Balaban J connectivity index is 1.99. The second-order valence-electron chi connectivity index (χ2n) is 4.34. The van der Waals surface area contributed by atoms with Gasteiger partial charge in [-0.3, -0.25) is 4.68 Å². The number of rotatable bonds is 2. The van der Waals surface area contributed by atoms with Crippen LogP contribution in [0.2, 0.25) is 0 Å². The van der Waals surface area contributed by atoms with Gasteiger partial charge in [0.2, 0.25) is 0 Å². The van der Waals surface area contributed by atoms with Gasteiger partial charge in [0.25, 0.3) is 0 Å². The lowest BCUT2D eigenvalue weighted by molar-refractivity contribution is 0.626. The minimum Gasteiger partial charge on any atom is -0.268 e. The molecule has 20 heavy (non-hydrogen) atoms. The summed E-state index contributed by atoms with van der Waals surface area (Å²) in [4.78, 5) is 1.74. The second-order valence-corrected chi connectivity index (χ2v) is 5.46. The van der Waals surface area contributed by atoms with Crippen LogP contribution in [0, 0.1) is 17.1 Å². The summed E-state index contributed by atoms with van der Waals surface area (Å²) in [5.74, 6) is -0.395. The largest absolute Gasteiger partial charge is 0.268 e. The van der Waals surface area contributed by atoms with Gasteiger partial charge in [-0.2, -0.15) is 10.4 Å². The Kier molecular flexibility index (Phi) is 3.17. The maximum absolute atomic E-state index is 13.1. The van der Waals surface area contributed by atoms with Crippen LogP contribution in [0.5, 0.6) is 0 Å². The quantitative estimate of drug-likeness (QED) is 0.719. The zero-order chi connectivity index (χ0) is 14.1. The van der Waals surface area contributed by atoms with Crippen molar-refractivity contribution in [3.63, 3.8) is 0 Å². The van der Waals surface area contributed by atoms with Crippen LogP contribution >= 0.6 is 11.8 Å². The first-order valence-corrected chi connectivity index (χ1v) is 6.78. The average Bonchev–Trinajstić information content (AvgIpc) is 2.82. The summed E-state index contributed by atoms with van der Waals surface area (Å²) in [5, 5.41) is 14.3. The Hall–Kier alpha value is -2.32. The van der Waals surface area contributed by atoms with Crippen molar-refractivity contribution in [2.45, 2.75) is 9.79 Å². The van der Waals surface area contributed by atoms with Gasteiger partial charge in [0.05, 0.1) is 17.3 Å². The first-order chi connectivity index (χ1) is 9.67. The molecule has 0 saturated heterocycles. The molecule has 0 unspecified atom stereocenters. The molecule has 0 fully saturated rings. The molecule has 98 valence electrons. The first-order valence-electron chi connectivity index (χ1n) is 5.96. The van der Waals surface area contributed by atoms with Crippen LogP contribution in [0.4, 0.5) is 4.39 Å². The van der Waals surface area contributed by atoms with Crippen LogP contribution in [0.1, 0.15) is 5.56 Å². The molecule has 0 amide bonds. The summed E-state index contributed by atoms with van der Waals surface area (Å²) in [6, 6.07) is 12.2. The monoisotopic (exact) mass is 283 g/mol. The van der Waals surface area contributed by atoms with Crippen LogP contribution in [0.3, 0.4) is 0 Å². The Labute approximate surface area is 119 Å². The third-order valence-electron chi connectivity index (χ3n) is 3.01. The van der Waals surface area contributed by atoms with Gasteiger partial charge in [0, 0.05) is 22.2 Å². The molecule has 0 bridgehead atoms. The van der Waals surface area contributed by atoms with E-state index in [1.807, 2.05) is 36.0 Å². The zero-order valence-electron chi connectivity index (χ0n) is 10.7. The fourth-order valence-corrected chi connectivity index (χ4v) is 2.94. The summed E-state index contributed by atoms with van der Waals surface area (Å²) < 4.78 is 14.9. The summed E-state index contributed by atoms with van der Waals surface area (Å²) >= 11 is 1.45. The molecule has 0 aliphatic rings. The first kappa shape index (κ1) is 12.7. The number of hydrogen-bond donors (Lipinski definition) is 0. The van der Waals surface area contributed by atoms with Crippen molar-refractivity contribution >= 4 is 22.7 Å². The third kappa shape index (κ3) is 2.26. The summed E-state index contributed by atoms with van der Waals surface area (Å²) in [7, 11) is 1.89. The van der Waals surface area contributed by atoms with Crippen molar-refractivity contribution in [2.75, 3.05) is 0 Å². The number of hydrogen-bond acceptors (Lipinski definition) is 3. The molecule has 0 spiro atoms. The fourth-order valence-electron chi connectivity index (χ4n) is 2.01. The highest BCUT2D eigenvalue weighted by molar-refractivity contribution is 7.99.